The predicted molar refractivity (Wildman–Crippen MR) is 160 cm³/mol. The summed E-state index contributed by atoms with van der Waals surface area (Å²) in [5.41, 5.74) is 3.40. The van der Waals surface area contributed by atoms with Crippen molar-refractivity contribution >= 4 is 27.5 Å². The molecule has 0 spiro atoms. The van der Waals surface area contributed by atoms with E-state index in [2.05, 4.69) is 5.32 Å². The number of benzene rings is 2. The first kappa shape index (κ1) is 31.5. The van der Waals surface area contributed by atoms with E-state index in [1.807, 2.05) is 63.2 Å². The molecule has 0 radical (unpaired) electrons. The first-order valence-electron chi connectivity index (χ1n) is 14.3. The van der Waals surface area contributed by atoms with E-state index in [0.29, 0.717) is 24.3 Å². The van der Waals surface area contributed by atoms with Gasteiger partial charge in [0.1, 0.15) is 11.8 Å². The van der Waals surface area contributed by atoms with Gasteiger partial charge in [0.2, 0.25) is 21.8 Å². The van der Waals surface area contributed by atoms with Gasteiger partial charge in [0, 0.05) is 25.6 Å². The molecule has 1 fully saturated rings. The van der Waals surface area contributed by atoms with Crippen LogP contribution in [0.15, 0.2) is 42.5 Å². The lowest BCUT2D eigenvalue weighted by Gasteiger charge is -2.33. The molecule has 40 heavy (non-hydrogen) atoms. The van der Waals surface area contributed by atoms with Crippen molar-refractivity contribution in [2.45, 2.75) is 90.8 Å². The molecule has 1 N–H and O–H groups in total. The first-order valence-corrected chi connectivity index (χ1v) is 16.2. The predicted octanol–water partition coefficient (Wildman–Crippen LogP) is 5.11. The lowest BCUT2D eigenvalue weighted by molar-refractivity contribution is -0.141. The van der Waals surface area contributed by atoms with Crippen LogP contribution < -0.4 is 14.4 Å². The highest BCUT2D eigenvalue weighted by Gasteiger charge is 2.30. The number of carbonyl (C=O) groups is 2. The minimum absolute atomic E-state index is 0.119. The summed E-state index contributed by atoms with van der Waals surface area (Å²) < 4.78 is 32.1. The van der Waals surface area contributed by atoms with Gasteiger partial charge in [0.05, 0.1) is 19.1 Å². The summed E-state index contributed by atoms with van der Waals surface area (Å²) in [6.45, 7) is 6.22. The SMILES string of the molecule is CC[C@H](C(=O)NC1CCCCC1)N(Cc1cccc(OC)c1)C(=O)CCCN(c1cc(C)cc(C)c1)S(C)(=O)=O. The van der Waals surface area contributed by atoms with Crippen molar-refractivity contribution in [3.05, 3.63) is 59.2 Å². The van der Waals surface area contributed by atoms with E-state index < -0.39 is 16.1 Å². The Morgan fingerprint density at radius 2 is 1.73 bits per heavy atom. The van der Waals surface area contributed by atoms with Crippen LogP contribution in [0.3, 0.4) is 0 Å². The number of rotatable bonds is 13. The monoisotopic (exact) mass is 571 g/mol. The Hall–Kier alpha value is -3.07. The molecule has 0 aliphatic heterocycles. The van der Waals surface area contributed by atoms with Crippen molar-refractivity contribution in [2.24, 2.45) is 0 Å². The molecule has 1 aliphatic rings. The molecule has 3 rings (SSSR count). The molecule has 9 heteroatoms. The molecule has 0 saturated heterocycles. The fourth-order valence-electron chi connectivity index (χ4n) is 5.53. The minimum atomic E-state index is -3.55. The Balaban J connectivity index is 1.79. The molecule has 220 valence electrons. The Kier molecular flexibility index (Phi) is 11.4. The van der Waals surface area contributed by atoms with Crippen LogP contribution in [0, 0.1) is 13.8 Å². The number of aryl methyl sites for hydroxylation is 2. The van der Waals surface area contributed by atoms with Crippen molar-refractivity contribution in [1.29, 1.82) is 0 Å². The third kappa shape index (κ3) is 8.98. The number of anilines is 1. The molecular formula is C31H45N3O5S. The number of ether oxygens (including phenoxy) is 1. The number of nitrogens with one attached hydrogen (secondary N) is 1. The number of methoxy groups -OCH3 is 1. The highest BCUT2D eigenvalue weighted by Crippen LogP contribution is 2.24. The zero-order chi connectivity index (χ0) is 29.3. The van der Waals surface area contributed by atoms with E-state index in [-0.39, 0.29) is 37.4 Å². The van der Waals surface area contributed by atoms with Crippen LogP contribution in [0.4, 0.5) is 5.69 Å². The van der Waals surface area contributed by atoms with Gasteiger partial charge in [-0.05, 0) is 80.5 Å². The lowest BCUT2D eigenvalue weighted by atomic mass is 9.95. The van der Waals surface area contributed by atoms with Crippen molar-refractivity contribution in [3.63, 3.8) is 0 Å². The number of amides is 2. The van der Waals surface area contributed by atoms with Gasteiger partial charge in [-0.2, -0.15) is 0 Å². The van der Waals surface area contributed by atoms with Crippen molar-refractivity contribution < 1.29 is 22.7 Å². The van der Waals surface area contributed by atoms with Crippen LogP contribution in [-0.2, 0) is 26.2 Å². The lowest BCUT2D eigenvalue weighted by Crippen LogP contribution is -2.51. The minimum Gasteiger partial charge on any atom is -0.497 e. The van der Waals surface area contributed by atoms with Crippen molar-refractivity contribution in [2.75, 3.05) is 24.2 Å². The normalized spacial score (nSPS) is 14.8. The second-order valence-electron chi connectivity index (χ2n) is 10.9. The Bertz CT molecular complexity index is 1240. The van der Waals surface area contributed by atoms with E-state index in [1.165, 1.54) is 17.0 Å². The third-order valence-corrected chi connectivity index (χ3v) is 8.67. The molecule has 2 aromatic carbocycles. The fraction of sp³-hybridized carbons (Fsp3) is 0.548. The topological polar surface area (TPSA) is 96.0 Å². The molecule has 1 saturated carbocycles. The molecule has 1 aliphatic carbocycles. The summed E-state index contributed by atoms with van der Waals surface area (Å²) in [6, 6.07) is 12.7. The van der Waals surface area contributed by atoms with E-state index >= 15 is 0 Å². The van der Waals surface area contributed by atoms with E-state index in [1.54, 1.807) is 12.0 Å². The summed E-state index contributed by atoms with van der Waals surface area (Å²) in [4.78, 5) is 28.8. The summed E-state index contributed by atoms with van der Waals surface area (Å²) in [7, 11) is -1.95. The van der Waals surface area contributed by atoms with E-state index in [4.69, 9.17) is 4.74 Å². The Morgan fingerprint density at radius 3 is 2.33 bits per heavy atom. The Morgan fingerprint density at radius 1 is 1.05 bits per heavy atom. The fourth-order valence-corrected chi connectivity index (χ4v) is 6.48. The molecule has 1 atom stereocenters. The molecule has 0 heterocycles. The quantitative estimate of drug-likeness (QED) is 0.360. The molecule has 8 nitrogen and oxygen atoms in total. The van der Waals surface area contributed by atoms with Crippen LogP contribution in [0.2, 0.25) is 0 Å². The van der Waals surface area contributed by atoms with Gasteiger partial charge in [-0.1, -0.05) is 44.4 Å². The molecule has 2 aromatic rings. The van der Waals surface area contributed by atoms with Crippen molar-refractivity contribution in [3.8, 4) is 5.75 Å². The molecule has 2 amide bonds. The number of carbonyl (C=O) groups excluding carboxylic acids is 2. The standard InChI is InChI=1S/C31H45N3O5S/c1-6-29(31(36)32-26-13-8-7-9-14-26)33(22-25-12-10-15-28(21-25)39-4)30(35)16-11-17-34(40(5,37)38)27-19-23(2)18-24(3)20-27/h10,12,15,18-21,26,29H,6-9,11,13-14,16-17,22H2,1-5H3,(H,32,36)/t29-/m1/s1. The number of hydrogen-bond acceptors (Lipinski definition) is 5. The van der Waals surface area contributed by atoms with Crippen molar-refractivity contribution in [1.82, 2.24) is 10.2 Å². The van der Waals surface area contributed by atoms with Crippen LogP contribution in [0.5, 0.6) is 5.75 Å². The highest BCUT2D eigenvalue weighted by atomic mass is 32.2. The zero-order valence-corrected chi connectivity index (χ0v) is 25.4. The number of sulfonamides is 1. The van der Waals surface area contributed by atoms with Crippen LogP contribution >= 0.6 is 0 Å². The van der Waals surface area contributed by atoms with Gasteiger partial charge in [-0.15, -0.1) is 0 Å². The highest BCUT2D eigenvalue weighted by molar-refractivity contribution is 7.92. The summed E-state index contributed by atoms with van der Waals surface area (Å²) in [6.07, 6.45) is 7.43. The van der Waals surface area contributed by atoms with Crippen LogP contribution in [-0.4, -0.2) is 57.1 Å². The van der Waals surface area contributed by atoms with E-state index in [9.17, 15) is 18.0 Å². The average molecular weight is 572 g/mol. The van der Waals surface area contributed by atoms with Gasteiger partial charge < -0.3 is 15.0 Å². The maximum absolute atomic E-state index is 13.7. The molecule has 0 unspecified atom stereocenters. The maximum atomic E-state index is 13.7. The summed E-state index contributed by atoms with van der Waals surface area (Å²) in [5, 5.41) is 3.19. The number of nitrogens with zero attached hydrogens (tertiary/aromatic N) is 2. The average Bonchev–Trinajstić information content (AvgIpc) is 2.90. The largest absolute Gasteiger partial charge is 0.497 e. The Labute approximate surface area is 240 Å². The third-order valence-electron chi connectivity index (χ3n) is 7.47. The van der Waals surface area contributed by atoms with Gasteiger partial charge in [-0.3, -0.25) is 13.9 Å². The van der Waals surface area contributed by atoms with Crippen LogP contribution in [0.25, 0.3) is 0 Å². The second-order valence-corrected chi connectivity index (χ2v) is 12.8. The summed E-state index contributed by atoms with van der Waals surface area (Å²) in [5.74, 6) is 0.378. The number of hydrogen-bond donors (Lipinski definition) is 1. The maximum Gasteiger partial charge on any atom is 0.243 e. The molecule has 0 aromatic heterocycles. The smallest absolute Gasteiger partial charge is 0.243 e. The van der Waals surface area contributed by atoms with Gasteiger partial charge >= 0.3 is 0 Å². The summed E-state index contributed by atoms with van der Waals surface area (Å²) >= 11 is 0. The van der Waals surface area contributed by atoms with Gasteiger partial charge in [-0.25, -0.2) is 8.42 Å². The molecular weight excluding hydrogens is 526 g/mol. The second kappa shape index (κ2) is 14.5. The zero-order valence-electron chi connectivity index (χ0n) is 24.6. The van der Waals surface area contributed by atoms with E-state index in [0.717, 1.165) is 42.4 Å². The van der Waals surface area contributed by atoms with Crippen LogP contribution in [0.1, 0.15) is 75.0 Å². The van der Waals surface area contributed by atoms with Gasteiger partial charge in [0.25, 0.3) is 0 Å². The van der Waals surface area contributed by atoms with Gasteiger partial charge in [0.15, 0.2) is 0 Å². The molecule has 0 bridgehead atoms. The first-order chi connectivity index (χ1) is 19.0.